The highest BCUT2D eigenvalue weighted by Crippen LogP contribution is 2.53. The lowest BCUT2D eigenvalue weighted by Gasteiger charge is -2.35. The molecule has 2 saturated carbocycles. The number of hydrogen-bond acceptors (Lipinski definition) is 5. The molecule has 2 rings (SSSR count). The molecule has 0 aliphatic heterocycles. The minimum Gasteiger partial charge on any atom is -0.481 e. The molecule has 110 valence electrons. The maximum atomic E-state index is 11.7. The molecule has 0 aromatic rings. The fourth-order valence-electron chi connectivity index (χ4n) is 3.57. The van der Waals surface area contributed by atoms with Gasteiger partial charge in [-0.1, -0.05) is 6.58 Å². The van der Waals surface area contributed by atoms with E-state index in [1.165, 1.54) is 14.0 Å². The van der Waals surface area contributed by atoms with Crippen molar-refractivity contribution in [2.24, 2.45) is 23.7 Å². The first-order valence-electron chi connectivity index (χ1n) is 6.49. The second-order valence-corrected chi connectivity index (χ2v) is 5.49. The van der Waals surface area contributed by atoms with Crippen LogP contribution >= 0.6 is 0 Å². The van der Waals surface area contributed by atoms with Crippen LogP contribution in [0.2, 0.25) is 0 Å². The first-order chi connectivity index (χ1) is 9.42. The summed E-state index contributed by atoms with van der Waals surface area (Å²) in [6, 6.07) is 0. The van der Waals surface area contributed by atoms with E-state index in [2.05, 4.69) is 6.58 Å². The van der Waals surface area contributed by atoms with Gasteiger partial charge in [-0.3, -0.25) is 4.79 Å². The molecule has 6 atom stereocenters. The van der Waals surface area contributed by atoms with E-state index < -0.39 is 36.0 Å². The van der Waals surface area contributed by atoms with Gasteiger partial charge in [0.05, 0.1) is 12.0 Å². The van der Waals surface area contributed by atoms with E-state index in [1.807, 2.05) is 0 Å². The normalized spacial score (nSPS) is 38.5. The minimum atomic E-state index is -1.03. The summed E-state index contributed by atoms with van der Waals surface area (Å²) in [4.78, 5) is 34.2. The molecule has 2 aliphatic rings. The molecule has 0 radical (unpaired) electrons. The Balaban J connectivity index is 2.25. The van der Waals surface area contributed by atoms with Crippen molar-refractivity contribution in [3.63, 3.8) is 0 Å². The van der Waals surface area contributed by atoms with Crippen molar-refractivity contribution >= 4 is 18.2 Å². The molecular weight excluding hydrogens is 264 g/mol. The van der Waals surface area contributed by atoms with Crippen LogP contribution in [-0.4, -0.2) is 42.6 Å². The van der Waals surface area contributed by atoms with Crippen molar-refractivity contribution in [1.29, 1.82) is 0 Å². The third-order valence-corrected chi connectivity index (χ3v) is 4.39. The van der Waals surface area contributed by atoms with Crippen molar-refractivity contribution in [2.75, 3.05) is 7.11 Å². The molecule has 2 bridgehead atoms. The Bertz CT molecular complexity index is 457. The summed E-state index contributed by atoms with van der Waals surface area (Å²) >= 11 is 0. The van der Waals surface area contributed by atoms with E-state index >= 15 is 0 Å². The van der Waals surface area contributed by atoms with Crippen molar-refractivity contribution in [2.45, 2.75) is 25.6 Å². The van der Waals surface area contributed by atoms with Gasteiger partial charge in [0.25, 0.3) is 0 Å². The molecule has 0 spiro atoms. The van der Waals surface area contributed by atoms with Crippen LogP contribution in [0.3, 0.4) is 0 Å². The molecule has 20 heavy (non-hydrogen) atoms. The quantitative estimate of drug-likeness (QED) is 0.452. The standard InChI is InChI=1S/C14H18O6/c1-6(2)14(18)20-12-8-4-7(11(12)19-3)9(5-15)10(8)13(16)17/h5,7-12H,1,4H2,2-3H3,(H,16,17). The lowest BCUT2D eigenvalue weighted by atomic mass is 9.77. The van der Waals surface area contributed by atoms with E-state index in [1.54, 1.807) is 0 Å². The number of carboxylic acids is 1. The van der Waals surface area contributed by atoms with Crippen LogP contribution < -0.4 is 0 Å². The van der Waals surface area contributed by atoms with Crippen LogP contribution in [0.25, 0.3) is 0 Å². The summed E-state index contributed by atoms with van der Waals surface area (Å²) in [5, 5.41) is 9.30. The van der Waals surface area contributed by atoms with Crippen molar-refractivity contribution in [3.05, 3.63) is 12.2 Å². The number of methoxy groups -OCH3 is 1. The zero-order chi connectivity index (χ0) is 15.0. The van der Waals surface area contributed by atoms with Crippen LogP contribution in [0.15, 0.2) is 12.2 Å². The summed E-state index contributed by atoms with van der Waals surface area (Å²) in [7, 11) is 1.48. The minimum absolute atomic E-state index is 0.216. The van der Waals surface area contributed by atoms with Gasteiger partial charge < -0.3 is 19.4 Å². The predicted octanol–water partition coefficient (Wildman–Crippen LogP) is 0.655. The van der Waals surface area contributed by atoms with Gasteiger partial charge in [-0.25, -0.2) is 4.79 Å². The Labute approximate surface area is 116 Å². The SMILES string of the molecule is C=C(C)C(=O)OC1C2CC(C(C=O)C2C(=O)O)C1OC. The lowest BCUT2D eigenvalue weighted by molar-refractivity contribution is -0.169. The second kappa shape index (κ2) is 5.36. The van der Waals surface area contributed by atoms with Crippen molar-refractivity contribution in [3.8, 4) is 0 Å². The molecular formula is C14H18O6. The second-order valence-electron chi connectivity index (χ2n) is 5.49. The van der Waals surface area contributed by atoms with Gasteiger partial charge in [0.15, 0.2) is 0 Å². The number of aldehydes is 1. The van der Waals surface area contributed by atoms with Gasteiger partial charge in [0, 0.05) is 24.5 Å². The van der Waals surface area contributed by atoms with Crippen LogP contribution in [0, 0.1) is 23.7 Å². The summed E-state index contributed by atoms with van der Waals surface area (Å²) in [6.07, 6.45) is 0.139. The summed E-state index contributed by atoms with van der Waals surface area (Å²) in [5.41, 5.74) is 0.251. The van der Waals surface area contributed by atoms with E-state index in [0.717, 1.165) is 0 Å². The number of carboxylic acid groups (broad SMARTS) is 1. The first kappa shape index (κ1) is 14.7. The molecule has 0 amide bonds. The number of carbonyl (C=O) groups is 3. The molecule has 0 aromatic carbocycles. The van der Waals surface area contributed by atoms with Gasteiger partial charge in [-0.2, -0.15) is 0 Å². The number of ether oxygens (including phenoxy) is 2. The molecule has 0 saturated heterocycles. The smallest absolute Gasteiger partial charge is 0.333 e. The van der Waals surface area contributed by atoms with Crippen LogP contribution in [0.1, 0.15) is 13.3 Å². The van der Waals surface area contributed by atoms with Gasteiger partial charge >= 0.3 is 11.9 Å². The molecule has 2 fully saturated rings. The number of carbonyl (C=O) groups excluding carboxylic acids is 2. The highest BCUT2D eigenvalue weighted by Gasteiger charge is 2.62. The predicted molar refractivity (Wildman–Crippen MR) is 67.8 cm³/mol. The molecule has 6 nitrogen and oxygen atoms in total. The maximum Gasteiger partial charge on any atom is 0.333 e. The number of rotatable bonds is 5. The topological polar surface area (TPSA) is 89.9 Å². The van der Waals surface area contributed by atoms with Gasteiger partial charge in [-0.15, -0.1) is 0 Å². The average Bonchev–Trinajstić information content (AvgIpc) is 2.92. The average molecular weight is 282 g/mol. The van der Waals surface area contributed by atoms with Crippen LogP contribution in [0.5, 0.6) is 0 Å². The fraction of sp³-hybridized carbons (Fsp3) is 0.643. The molecule has 0 heterocycles. The van der Waals surface area contributed by atoms with E-state index in [0.29, 0.717) is 12.7 Å². The zero-order valence-corrected chi connectivity index (χ0v) is 11.4. The molecule has 6 unspecified atom stereocenters. The van der Waals surface area contributed by atoms with Gasteiger partial charge in [0.1, 0.15) is 12.4 Å². The lowest BCUT2D eigenvalue weighted by Crippen LogP contribution is -2.48. The highest BCUT2D eigenvalue weighted by molar-refractivity contribution is 5.87. The number of aliphatic carboxylic acids is 1. The number of hydrogen-bond donors (Lipinski definition) is 1. The Morgan fingerprint density at radius 2 is 1.95 bits per heavy atom. The monoisotopic (exact) mass is 282 g/mol. The summed E-state index contributed by atoms with van der Waals surface area (Å²) < 4.78 is 10.7. The van der Waals surface area contributed by atoms with E-state index in [-0.39, 0.29) is 17.4 Å². The Morgan fingerprint density at radius 3 is 2.40 bits per heavy atom. The van der Waals surface area contributed by atoms with E-state index in [9.17, 15) is 19.5 Å². The van der Waals surface area contributed by atoms with Gasteiger partial charge in [0.2, 0.25) is 0 Å². The zero-order valence-electron chi connectivity index (χ0n) is 11.4. The van der Waals surface area contributed by atoms with Crippen molar-refractivity contribution in [1.82, 2.24) is 0 Å². The maximum absolute atomic E-state index is 11.7. The van der Waals surface area contributed by atoms with E-state index in [4.69, 9.17) is 9.47 Å². The third kappa shape index (κ3) is 2.14. The largest absolute Gasteiger partial charge is 0.481 e. The molecule has 1 N–H and O–H groups in total. The number of fused-ring (bicyclic) bond motifs is 2. The fourth-order valence-corrected chi connectivity index (χ4v) is 3.57. The summed E-state index contributed by atoms with van der Waals surface area (Å²) in [6.45, 7) is 5.04. The summed E-state index contributed by atoms with van der Waals surface area (Å²) in [5.74, 6) is -3.58. The molecule has 2 aliphatic carbocycles. The third-order valence-electron chi connectivity index (χ3n) is 4.39. The number of esters is 1. The highest BCUT2D eigenvalue weighted by atomic mass is 16.6. The van der Waals surface area contributed by atoms with Crippen LogP contribution in [0.4, 0.5) is 0 Å². The first-order valence-corrected chi connectivity index (χ1v) is 6.49. The molecule has 0 aromatic heterocycles. The Morgan fingerprint density at radius 1 is 1.30 bits per heavy atom. The Kier molecular flexibility index (Phi) is 3.94. The Hall–Kier alpha value is -1.69. The molecule has 6 heteroatoms. The van der Waals surface area contributed by atoms with Crippen molar-refractivity contribution < 1.29 is 29.0 Å². The van der Waals surface area contributed by atoms with Crippen LogP contribution in [-0.2, 0) is 23.9 Å². The van der Waals surface area contributed by atoms with Gasteiger partial charge in [-0.05, 0) is 19.3 Å².